The molecule has 0 aliphatic carbocycles. The second kappa shape index (κ2) is 2.90. The Bertz CT molecular complexity index is 389. The summed E-state index contributed by atoms with van der Waals surface area (Å²) in [4.78, 5) is 8.24. The van der Waals surface area contributed by atoms with Gasteiger partial charge in [-0.05, 0) is 19.1 Å². The van der Waals surface area contributed by atoms with Crippen LogP contribution >= 0.6 is 0 Å². The fourth-order valence-electron chi connectivity index (χ4n) is 1.11. The summed E-state index contributed by atoms with van der Waals surface area (Å²) >= 11 is 0. The number of nitrogens with two attached hydrogens (primary N) is 1. The van der Waals surface area contributed by atoms with Crippen LogP contribution in [-0.4, -0.2) is 9.97 Å². The molecule has 0 aliphatic rings. The average molecular weight is 175 g/mol. The van der Waals surface area contributed by atoms with Crippen LogP contribution in [0.25, 0.3) is 11.6 Å². The van der Waals surface area contributed by atoms with Gasteiger partial charge in [0.2, 0.25) is 0 Å². The molecule has 4 heteroatoms. The Morgan fingerprint density at radius 1 is 1.38 bits per heavy atom. The molecule has 0 saturated carbocycles. The van der Waals surface area contributed by atoms with E-state index in [1.54, 1.807) is 24.5 Å². The molecule has 0 spiro atoms. The van der Waals surface area contributed by atoms with Crippen molar-refractivity contribution in [3.8, 4) is 11.6 Å². The van der Waals surface area contributed by atoms with E-state index in [9.17, 15) is 0 Å². The smallest absolute Gasteiger partial charge is 0.197 e. The van der Waals surface area contributed by atoms with Crippen molar-refractivity contribution in [2.45, 2.75) is 6.92 Å². The summed E-state index contributed by atoms with van der Waals surface area (Å²) in [7, 11) is 0. The highest BCUT2D eigenvalue weighted by Crippen LogP contribution is 2.16. The van der Waals surface area contributed by atoms with Gasteiger partial charge in [-0.15, -0.1) is 0 Å². The fraction of sp³-hybridized carbons (Fsp3) is 0.111. The van der Waals surface area contributed by atoms with Crippen molar-refractivity contribution in [2.24, 2.45) is 0 Å². The van der Waals surface area contributed by atoms with E-state index in [0.717, 1.165) is 5.69 Å². The highest BCUT2D eigenvalue weighted by molar-refractivity contribution is 5.49. The number of aryl methyl sites for hydroxylation is 1. The molecule has 0 fully saturated rings. The Kier molecular flexibility index (Phi) is 1.73. The third kappa shape index (κ3) is 1.51. The van der Waals surface area contributed by atoms with Crippen LogP contribution in [0.1, 0.15) is 5.69 Å². The lowest BCUT2D eigenvalue weighted by Gasteiger charge is -1.98. The number of hydrogen-bond donors (Lipinski definition) is 1. The zero-order chi connectivity index (χ0) is 9.26. The van der Waals surface area contributed by atoms with E-state index in [4.69, 9.17) is 10.2 Å². The molecule has 0 saturated heterocycles. The highest BCUT2D eigenvalue weighted by atomic mass is 16.3. The minimum absolute atomic E-state index is 0.457. The second-order valence-electron chi connectivity index (χ2n) is 2.74. The molecule has 2 aromatic heterocycles. The number of furan rings is 1. The van der Waals surface area contributed by atoms with Crippen molar-refractivity contribution in [3.05, 3.63) is 30.2 Å². The minimum Gasteiger partial charge on any atom is -0.461 e. The lowest BCUT2D eigenvalue weighted by atomic mass is 10.3. The van der Waals surface area contributed by atoms with Crippen LogP contribution in [0.15, 0.2) is 28.9 Å². The second-order valence-corrected chi connectivity index (χ2v) is 2.74. The van der Waals surface area contributed by atoms with E-state index in [1.807, 2.05) is 6.92 Å². The standard InChI is InChI=1S/C9H9N3O/c1-6-5-8(10)12-9(11-6)7-3-2-4-13-7/h2-5H,1H3,(H2,10,11,12). The Hall–Kier alpha value is -1.84. The molecule has 0 aliphatic heterocycles. The molecular formula is C9H9N3O. The predicted molar refractivity (Wildman–Crippen MR) is 48.9 cm³/mol. The van der Waals surface area contributed by atoms with E-state index < -0.39 is 0 Å². The number of rotatable bonds is 1. The van der Waals surface area contributed by atoms with Crippen molar-refractivity contribution in [1.29, 1.82) is 0 Å². The van der Waals surface area contributed by atoms with Gasteiger partial charge in [0.05, 0.1) is 6.26 Å². The highest BCUT2D eigenvalue weighted by Gasteiger charge is 2.04. The summed E-state index contributed by atoms with van der Waals surface area (Å²) in [5.74, 6) is 1.62. The summed E-state index contributed by atoms with van der Waals surface area (Å²) in [6.07, 6.45) is 1.58. The minimum atomic E-state index is 0.457. The van der Waals surface area contributed by atoms with Gasteiger partial charge in [0.1, 0.15) is 5.82 Å². The summed E-state index contributed by atoms with van der Waals surface area (Å²) in [6.45, 7) is 1.87. The summed E-state index contributed by atoms with van der Waals surface area (Å²) in [6, 6.07) is 5.30. The van der Waals surface area contributed by atoms with E-state index in [0.29, 0.717) is 17.4 Å². The van der Waals surface area contributed by atoms with Crippen LogP contribution in [0.4, 0.5) is 5.82 Å². The lowest BCUT2D eigenvalue weighted by Crippen LogP contribution is -1.96. The molecule has 0 radical (unpaired) electrons. The van der Waals surface area contributed by atoms with Crippen LogP contribution in [0.3, 0.4) is 0 Å². The summed E-state index contributed by atoms with van der Waals surface area (Å²) in [5, 5.41) is 0. The van der Waals surface area contributed by atoms with E-state index >= 15 is 0 Å². The van der Waals surface area contributed by atoms with Gasteiger partial charge in [0.25, 0.3) is 0 Å². The predicted octanol–water partition coefficient (Wildman–Crippen LogP) is 1.63. The first-order valence-electron chi connectivity index (χ1n) is 3.91. The monoisotopic (exact) mass is 175 g/mol. The van der Waals surface area contributed by atoms with E-state index in [-0.39, 0.29) is 0 Å². The first-order valence-corrected chi connectivity index (χ1v) is 3.91. The molecule has 2 heterocycles. The first kappa shape index (κ1) is 7.79. The van der Waals surface area contributed by atoms with Crippen molar-refractivity contribution in [2.75, 3.05) is 5.73 Å². The van der Waals surface area contributed by atoms with Crippen LogP contribution in [-0.2, 0) is 0 Å². The normalized spacial score (nSPS) is 10.2. The Morgan fingerprint density at radius 2 is 2.23 bits per heavy atom. The zero-order valence-electron chi connectivity index (χ0n) is 7.19. The number of anilines is 1. The van der Waals surface area contributed by atoms with Crippen LogP contribution in [0.2, 0.25) is 0 Å². The maximum Gasteiger partial charge on any atom is 0.197 e. The van der Waals surface area contributed by atoms with Gasteiger partial charge in [-0.3, -0.25) is 0 Å². The molecule has 0 atom stereocenters. The SMILES string of the molecule is Cc1cc(N)nc(-c2ccco2)n1. The number of nitrogens with zero attached hydrogens (tertiary/aromatic N) is 2. The number of nitrogen functional groups attached to an aromatic ring is 1. The average Bonchev–Trinajstić information content (AvgIpc) is 2.53. The van der Waals surface area contributed by atoms with Gasteiger partial charge in [0, 0.05) is 11.8 Å². The van der Waals surface area contributed by atoms with E-state index in [1.165, 1.54) is 0 Å². The number of hydrogen-bond acceptors (Lipinski definition) is 4. The molecule has 66 valence electrons. The fourth-order valence-corrected chi connectivity index (χ4v) is 1.11. The maximum absolute atomic E-state index is 5.57. The molecule has 2 aromatic rings. The maximum atomic E-state index is 5.57. The lowest BCUT2D eigenvalue weighted by molar-refractivity contribution is 0.577. The topological polar surface area (TPSA) is 64.9 Å². The van der Waals surface area contributed by atoms with Gasteiger partial charge in [0.15, 0.2) is 11.6 Å². The summed E-state index contributed by atoms with van der Waals surface area (Å²) < 4.78 is 5.15. The van der Waals surface area contributed by atoms with Crippen LogP contribution in [0, 0.1) is 6.92 Å². The molecular weight excluding hydrogens is 166 g/mol. The van der Waals surface area contributed by atoms with Crippen molar-refractivity contribution >= 4 is 5.82 Å². The summed E-state index contributed by atoms with van der Waals surface area (Å²) in [5.41, 5.74) is 6.41. The Balaban J connectivity index is 2.53. The van der Waals surface area contributed by atoms with Crippen molar-refractivity contribution in [1.82, 2.24) is 9.97 Å². The zero-order valence-corrected chi connectivity index (χ0v) is 7.19. The van der Waals surface area contributed by atoms with Gasteiger partial charge in [-0.25, -0.2) is 9.97 Å². The molecule has 2 N–H and O–H groups in total. The molecule has 0 amide bonds. The van der Waals surface area contributed by atoms with Gasteiger partial charge in [-0.2, -0.15) is 0 Å². The Labute approximate surface area is 75.4 Å². The number of aromatic nitrogens is 2. The largest absolute Gasteiger partial charge is 0.461 e. The third-order valence-electron chi connectivity index (χ3n) is 1.62. The molecule has 13 heavy (non-hydrogen) atoms. The molecule has 0 aromatic carbocycles. The van der Waals surface area contributed by atoms with E-state index in [2.05, 4.69) is 9.97 Å². The third-order valence-corrected chi connectivity index (χ3v) is 1.62. The van der Waals surface area contributed by atoms with Crippen molar-refractivity contribution < 1.29 is 4.42 Å². The quantitative estimate of drug-likeness (QED) is 0.715. The molecule has 0 bridgehead atoms. The molecule has 2 rings (SSSR count). The van der Waals surface area contributed by atoms with Gasteiger partial charge in [-0.1, -0.05) is 0 Å². The van der Waals surface area contributed by atoms with Gasteiger partial charge < -0.3 is 10.2 Å². The first-order chi connectivity index (χ1) is 6.25. The van der Waals surface area contributed by atoms with Crippen LogP contribution < -0.4 is 5.73 Å². The van der Waals surface area contributed by atoms with Crippen molar-refractivity contribution in [3.63, 3.8) is 0 Å². The molecule has 0 unspecified atom stereocenters. The Morgan fingerprint density at radius 3 is 2.85 bits per heavy atom. The molecule has 4 nitrogen and oxygen atoms in total. The van der Waals surface area contributed by atoms with Gasteiger partial charge >= 0.3 is 0 Å². The van der Waals surface area contributed by atoms with Crippen LogP contribution in [0.5, 0.6) is 0 Å².